The summed E-state index contributed by atoms with van der Waals surface area (Å²) in [7, 11) is 1.99. The van der Waals surface area contributed by atoms with Gasteiger partial charge in [0.25, 0.3) is 0 Å². The van der Waals surface area contributed by atoms with E-state index < -0.39 is 0 Å². The zero-order valence-electron chi connectivity index (χ0n) is 15.2. The number of rotatable bonds is 11. The Morgan fingerprint density at radius 1 is 1.30 bits per heavy atom. The van der Waals surface area contributed by atoms with E-state index in [-0.39, 0.29) is 0 Å². The van der Waals surface area contributed by atoms with Crippen LogP contribution in [0.3, 0.4) is 0 Å². The second-order valence-corrected chi connectivity index (χ2v) is 7.40. The summed E-state index contributed by atoms with van der Waals surface area (Å²) in [5.74, 6) is 1.19. The molecule has 2 N–H and O–H groups in total. The summed E-state index contributed by atoms with van der Waals surface area (Å²) in [6.07, 6.45) is 13.2. The lowest BCUT2D eigenvalue weighted by Crippen LogP contribution is -2.25. The number of hydrogen-bond acceptors (Lipinski definition) is 3. The van der Waals surface area contributed by atoms with Crippen molar-refractivity contribution in [3.05, 3.63) is 23.9 Å². The maximum absolute atomic E-state index is 6.08. The van der Waals surface area contributed by atoms with Gasteiger partial charge in [-0.3, -0.25) is 0 Å². The molecule has 0 radical (unpaired) electrons. The van der Waals surface area contributed by atoms with Gasteiger partial charge in [0.15, 0.2) is 0 Å². The van der Waals surface area contributed by atoms with E-state index in [0.717, 1.165) is 32.5 Å². The first-order chi connectivity index (χ1) is 11.2. The summed E-state index contributed by atoms with van der Waals surface area (Å²) in [5, 5.41) is 6.63. The topological polar surface area (TPSA) is 33.3 Å². The van der Waals surface area contributed by atoms with Crippen LogP contribution in [-0.4, -0.2) is 32.8 Å². The van der Waals surface area contributed by atoms with Crippen LogP contribution in [0.1, 0.15) is 58.3 Å². The Labute approximate surface area is 142 Å². The Bertz CT molecular complexity index is 385. The van der Waals surface area contributed by atoms with Gasteiger partial charge in [0.2, 0.25) is 0 Å². The molecule has 3 heteroatoms. The highest BCUT2D eigenvalue weighted by Crippen LogP contribution is 2.33. The standard InChI is InChI=1S/C20H36N2O/c1-16(17(2)22-11-7-10-21-3)12-18-13-19(14-18)15-23-20-8-5-4-6-9-20/h13,16,19-22H,2,4-12,14-15H2,1,3H3. The zero-order chi connectivity index (χ0) is 16.5. The normalized spacial score (nSPS) is 23.0. The van der Waals surface area contributed by atoms with Crippen molar-refractivity contribution in [2.75, 3.05) is 26.7 Å². The molecule has 0 bridgehead atoms. The molecule has 0 saturated heterocycles. The van der Waals surface area contributed by atoms with Gasteiger partial charge in [-0.1, -0.05) is 44.4 Å². The van der Waals surface area contributed by atoms with E-state index >= 15 is 0 Å². The Morgan fingerprint density at radius 3 is 2.74 bits per heavy atom. The van der Waals surface area contributed by atoms with Crippen molar-refractivity contribution >= 4 is 0 Å². The van der Waals surface area contributed by atoms with Gasteiger partial charge in [0, 0.05) is 18.2 Å². The first-order valence-electron chi connectivity index (χ1n) is 9.57. The number of hydrogen-bond donors (Lipinski definition) is 2. The van der Waals surface area contributed by atoms with E-state index in [1.54, 1.807) is 5.57 Å². The molecule has 0 amide bonds. The molecule has 2 atom stereocenters. The van der Waals surface area contributed by atoms with Crippen molar-refractivity contribution in [2.24, 2.45) is 11.8 Å². The molecule has 0 spiro atoms. The third-order valence-corrected chi connectivity index (χ3v) is 5.21. The maximum Gasteiger partial charge on any atom is 0.0575 e. The van der Waals surface area contributed by atoms with Crippen LogP contribution in [-0.2, 0) is 4.74 Å². The molecule has 132 valence electrons. The van der Waals surface area contributed by atoms with E-state index in [1.165, 1.54) is 44.2 Å². The van der Waals surface area contributed by atoms with Crippen LogP contribution in [0, 0.1) is 11.8 Å². The van der Waals surface area contributed by atoms with Crippen molar-refractivity contribution < 1.29 is 4.74 Å². The summed E-state index contributed by atoms with van der Waals surface area (Å²) >= 11 is 0. The fourth-order valence-corrected chi connectivity index (χ4v) is 3.59. The molecule has 0 aromatic rings. The highest BCUT2D eigenvalue weighted by molar-refractivity contribution is 5.19. The van der Waals surface area contributed by atoms with Crippen LogP contribution in [0.4, 0.5) is 0 Å². The van der Waals surface area contributed by atoms with Crippen LogP contribution in [0.25, 0.3) is 0 Å². The van der Waals surface area contributed by atoms with Gasteiger partial charge in [-0.05, 0) is 51.6 Å². The average molecular weight is 321 g/mol. The van der Waals surface area contributed by atoms with Crippen LogP contribution >= 0.6 is 0 Å². The molecule has 2 aliphatic carbocycles. The van der Waals surface area contributed by atoms with E-state index in [4.69, 9.17) is 4.74 Å². The first kappa shape index (κ1) is 18.5. The molecule has 1 saturated carbocycles. The lowest BCUT2D eigenvalue weighted by molar-refractivity contribution is 0.0123. The third-order valence-electron chi connectivity index (χ3n) is 5.21. The highest BCUT2D eigenvalue weighted by Gasteiger charge is 2.23. The van der Waals surface area contributed by atoms with E-state index in [9.17, 15) is 0 Å². The minimum absolute atomic E-state index is 0.524. The molecule has 2 rings (SSSR count). The Morgan fingerprint density at radius 2 is 2.04 bits per heavy atom. The van der Waals surface area contributed by atoms with Gasteiger partial charge < -0.3 is 15.4 Å². The molecule has 0 aliphatic heterocycles. The molecule has 1 fully saturated rings. The first-order valence-corrected chi connectivity index (χ1v) is 9.57. The monoisotopic (exact) mass is 320 g/mol. The molecule has 0 aromatic heterocycles. The zero-order valence-corrected chi connectivity index (χ0v) is 15.2. The highest BCUT2D eigenvalue weighted by atomic mass is 16.5. The van der Waals surface area contributed by atoms with Gasteiger partial charge >= 0.3 is 0 Å². The second kappa shape index (κ2) is 10.1. The van der Waals surface area contributed by atoms with Gasteiger partial charge in [-0.15, -0.1) is 0 Å². The quantitative estimate of drug-likeness (QED) is 0.445. The van der Waals surface area contributed by atoms with E-state index in [0.29, 0.717) is 17.9 Å². The summed E-state index contributed by atoms with van der Waals surface area (Å²) in [4.78, 5) is 0. The maximum atomic E-state index is 6.08. The number of ether oxygens (including phenoxy) is 1. The van der Waals surface area contributed by atoms with Gasteiger partial charge in [-0.2, -0.15) is 0 Å². The van der Waals surface area contributed by atoms with Crippen molar-refractivity contribution in [2.45, 2.75) is 64.4 Å². The van der Waals surface area contributed by atoms with Gasteiger partial charge in [-0.25, -0.2) is 0 Å². The summed E-state index contributed by atoms with van der Waals surface area (Å²) in [6, 6.07) is 0. The molecular formula is C20H36N2O. The summed E-state index contributed by atoms with van der Waals surface area (Å²) < 4.78 is 6.08. The minimum Gasteiger partial charge on any atom is -0.389 e. The Kier molecular flexibility index (Phi) is 8.18. The lowest BCUT2D eigenvalue weighted by atomic mass is 9.81. The fourth-order valence-electron chi connectivity index (χ4n) is 3.59. The van der Waals surface area contributed by atoms with Crippen molar-refractivity contribution in [3.63, 3.8) is 0 Å². The molecule has 2 aliphatic rings. The SMILES string of the molecule is C=C(NCCCNC)C(C)CC1=CC(COC2CCCCC2)C1. The van der Waals surface area contributed by atoms with Crippen LogP contribution in [0.5, 0.6) is 0 Å². The number of allylic oxidation sites excluding steroid dienone is 2. The summed E-state index contributed by atoms with van der Waals surface area (Å²) in [5.41, 5.74) is 2.77. The average Bonchev–Trinajstić information content (AvgIpc) is 2.54. The van der Waals surface area contributed by atoms with Crippen molar-refractivity contribution in [3.8, 4) is 0 Å². The smallest absolute Gasteiger partial charge is 0.0575 e. The molecule has 3 nitrogen and oxygen atoms in total. The molecule has 2 unspecified atom stereocenters. The van der Waals surface area contributed by atoms with Crippen molar-refractivity contribution in [1.29, 1.82) is 0 Å². The van der Waals surface area contributed by atoms with Gasteiger partial charge in [0.1, 0.15) is 0 Å². The molecule has 0 heterocycles. The third kappa shape index (κ3) is 6.68. The van der Waals surface area contributed by atoms with Crippen LogP contribution in [0.15, 0.2) is 23.9 Å². The molecule has 0 aromatic carbocycles. The largest absolute Gasteiger partial charge is 0.389 e. The lowest BCUT2D eigenvalue weighted by Gasteiger charge is -2.30. The fraction of sp³-hybridized carbons (Fsp3) is 0.800. The van der Waals surface area contributed by atoms with E-state index in [1.807, 2.05) is 7.05 Å². The van der Waals surface area contributed by atoms with Crippen LogP contribution in [0.2, 0.25) is 0 Å². The Balaban J connectivity index is 1.56. The second-order valence-electron chi connectivity index (χ2n) is 7.40. The van der Waals surface area contributed by atoms with Crippen molar-refractivity contribution in [1.82, 2.24) is 10.6 Å². The van der Waals surface area contributed by atoms with Gasteiger partial charge in [0.05, 0.1) is 12.7 Å². The summed E-state index contributed by atoms with van der Waals surface area (Å²) in [6.45, 7) is 9.48. The predicted molar refractivity (Wildman–Crippen MR) is 98.5 cm³/mol. The van der Waals surface area contributed by atoms with E-state index in [2.05, 4.69) is 30.2 Å². The molecular weight excluding hydrogens is 284 g/mol. The Hall–Kier alpha value is -0.800. The predicted octanol–water partition coefficient (Wildman–Crippen LogP) is 4.02. The minimum atomic E-state index is 0.524. The number of nitrogens with one attached hydrogen (secondary N) is 2. The van der Waals surface area contributed by atoms with Crippen LogP contribution < -0.4 is 10.6 Å². The molecule has 23 heavy (non-hydrogen) atoms.